The van der Waals surface area contributed by atoms with Gasteiger partial charge in [0, 0.05) is 37.8 Å². The molecule has 0 spiro atoms. The number of hydrogen-bond donors (Lipinski definition) is 1. The standard InChI is InChI=1S/C14H29N3/c1-12-9-16(4)7-8-17(12)14(11-15)6-5-13(2,3)10-14/h12H,5-11,15H2,1-4H3. The van der Waals surface area contributed by atoms with Crippen LogP contribution in [-0.2, 0) is 0 Å². The van der Waals surface area contributed by atoms with E-state index in [4.69, 9.17) is 5.73 Å². The van der Waals surface area contributed by atoms with Crippen LogP contribution in [0.2, 0.25) is 0 Å². The van der Waals surface area contributed by atoms with Crippen molar-refractivity contribution in [2.45, 2.75) is 51.6 Å². The van der Waals surface area contributed by atoms with Gasteiger partial charge in [-0.2, -0.15) is 0 Å². The first-order valence-electron chi connectivity index (χ1n) is 7.04. The summed E-state index contributed by atoms with van der Waals surface area (Å²) in [5.74, 6) is 0. The highest BCUT2D eigenvalue weighted by atomic mass is 15.3. The molecule has 3 nitrogen and oxygen atoms in total. The van der Waals surface area contributed by atoms with Crippen LogP contribution >= 0.6 is 0 Å². The largest absolute Gasteiger partial charge is 0.329 e. The summed E-state index contributed by atoms with van der Waals surface area (Å²) < 4.78 is 0. The van der Waals surface area contributed by atoms with Gasteiger partial charge in [-0.15, -0.1) is 0 Å². The zero-order chi connectivity index (χ0) is 12.7. The molecule has 1 aliphatic carbocycles. The maximum Gasteiger partial charge on any atom is 0.0340 e. The van der Waals surface area contributed by atoms with E-state index in [0.29, 0.717) is 11.5 Å². The highest BCUT2D eigenvalue weighted by Gasteiger charge is 2.48. The van der Waals surface area contributed by atoms with Crippen molar-refractivity contribution in [2.24, 2.45) is 11.1 Å². The van der Waals surface area contributed by atoms with Gasteiger partial charge in [-0.05, 0) is 38.6 Å². The molecule has 3 heteroatoms. The van der Waals surface area contributed by atoms with Gasteiger partial charge in [0.05, 0.1) is 0 Å². The number of rotatable bonds is 2. The zero-order valence-electron chi connectivity index (χ0n) is 12.0. The Morgan fingerprint density at radius 3 is 2.41 bits per heavy atom. The van der Waals surface area contributed by atoms with Crippen molar-refractivity contribution in [3.63, 3.8) is 0 Å². The molecule has 0 aromatic rings. The molecule has 0 aromatic heterocycles. The monoisotopic (exact) mass is 239 g/mol. The van der Waals surface area contributed by atoms with E-state index in [9.17, 15) is 0 Å². The summed E-state index contributed by atoms with van der Waals surface area (Å²) in [5.41, 5.74) is 6.92. The lowest BCUT2D eigenvalue weighted by Crippen LogP contribution is -2.62. The summed E-state index contributed by atoms with van der Waals surface area (Å²) in [6.45, 7) is 11.5. The van der Waals surface area contributed by atoms with Gasteiger partial charge < -0.3 is 10.6 Å². The second kappa shape index (κ2) is 4.52. The lowest BCUT2D eigenvalue weighted by atomic mass is 9.85. The van der Waals surface area contributed by atoms with E-state index in [1.54, 1.807) is 0 Å². The van der Waals surface area contributed by atoms with Gasteiger partial charge in [0.2, 0.25) is 0 Å². The van der Waals surface area contributed by atoms with Crippen LogP contribution < -0.4 is 5.73 Å². The van der Waals surface area contributed by atoms with Crippen LogP contribution in [0.3, 0.4) is 0 Å². The molecule has 0 aromatic carbocycles. The van der Waals surface area contributed by atoms with Gasteiger partial charge in [-0.25, -0.2) is 0 Å². The van der Waals surface area contributed by atoms with Crippen molar-refractivity contribution in [3.05, 3.63) is 0 Å². The van der Waals surface area contributed by atoms with Crippen molar-refractivity contribution in [2.75, 3.05) is 33.2 Å². The van der Waals surface area contributed by atoms with E-state index < -0.39 is 0 Å². The molecule has 17 heavy (non-hydrogen) atoms. The molecule has 1 heterocycles. The van der Waals surface area contributed by atoms with Crippen molar-refractivity contribution in [3.8, 4) is 0 Å². The Morgan fingerprint density at radius 2 is 1.94 bits per heavy atom. The van der Waals surface area contributed by atoms with Crippen LogP contribution in [-0.4, -0.2) is 54.6 Å². The summed E-state index contributed by atoms with van der Waals surface area (Å²) >= 11 is 0. The quantitative estimate of drug-likeness (QED) is 0.793. The van der Waals surface area contributed by atoms with Crippen molar-refractivity contribution >= 4 is 0 Å². The summed E-state index contributed by atoms with van der Waals surface area (Å²) in [6.07, 6.45) is 3.87. The Hall–Kier alpha value is -0.120. The molecule has 0 amide bonds. The van der Waals surface area contributed by atoms with Crippen LogP contribution in [0.5, 0.6) is 0 Å². The summed E-state index contributed by atoms with van der Waals surface area (Å²) in [4.78, 5) is 5.15. The number of nitrogens with zero attached hydrogens (tertiary/aromatic N) is 2. The smallest absolute Gasteiger partial charge is 0.0340 e. The third kappa shape index (κ3) is 2.51. The van der Waals surface area contributed by atoms with Gasteiger partial charge in [-0.3, -0.25) is 4.90 Å². The van der Waals surface area contributed by atoms with E-state index in [1.807, 2.05) is 0 Å². The van der Waals surface area contributed by atoms with Gasteiger partial charge in [-0.1, -0.05) is 13.8 Å². The molecule has 2 N–H and O–H groups in total. The third-order valence-corrected chi connectivity index (χ3v) is 4.89. The lowest BCUT2D eigenvalue weighted by molar-refractivity contribution is 0.00132. The molecule has 2 rings (SSSR count). The lowest BCUT2D eigenvalue weighted by Gasteiger charge is -2.49. The van der Waals surface area contributed by atoms with Crippen LogP contribution in [0.4, 0.5) is 0 Å². The molecule has 2 atom stereocenters. The minimum atomic E-state index is 0.282. The summed E-state index contributed by atoms with van der Waals surface area (Å²) in [6, 6.07) is 0.645. The molecular weight excluding hydrogens is 210 g/mol. The molecule has 2 fully saturated rings. The first-order valence-corrected chi connectivity index (χ1v) is 7.04. The topological polar surface area (TPSA) is 32.5 Å². The summed E-state index contributed by atoms with van der Waals surface area (Å²) in [7, 11) is 2.22. The molecule has 2 aliphatic rings. The first-order chi connectivity index (χ1) is 7.88. The van der Waals surface area contributed by atoms with Gasteiger partial charge in [0.25, 0.3) is 0 Å². The van der Waals surface area contributed by atoms with Gasteiger partial charge >= 0.3 is 0 Å². The highest BCUT2D eigenvalue weighted by molar-refractivity contribution is 5.04. The number of hydrogen-bond acceptors (Lipinski definition) is 3. The number of likely N-dealkylation sites (N-methyl/N-ethyl adjacent to an activating group) is 1. The fourth-order valence-corrected chi connectivity index (χ4v) is 4.02. The van der Waals surface area contributed by atoms with E-state index in [-0.39, 0.29) is 5.54 Å². The predicted molar refractivity (Wildman–Crippen MR) is 73.1 cm³/mol. The fraction of sp³-hybridized carbons (Fsp3) is 1.00. The maximum absolute atomic E-state index is 6.16. The molecule has 1 saturated carbocycles. The Labute approximate surface area is 106 Å². The number of nitrogens with two attached hydrogens (primary N) is 1. The average molecular weight is 239 g/mol. The first kappa shape index (κ1) is 13.3. The van der Waals surface area contributed by atoms with Crippen LogP contribution in [0.1, 0.15) is 40.0 Å². The predicted octanol–water partition coefficient (Wildman–Crippen LogP) is 1.53. The van der Waals surface area contributed by atoms with Crippen molar-refractivity contribution < 1.29 is 0 Å². The van der Waals surface area contributed by atoms with Gasteiger partial charge in [0.1, 0.15) is 0 Å². The minimum Gasteiger partial charge on any atom is -0.329 e. The molecule has 100 valence electrons. The zero-order valence-corrected chi connectivity index (χ0v) is 12.0. The number of piperazine rings is 1. The van der Waals surface area contributed by atoms with Crippen LogP contribution in [0, 0.1) is 5.41 Å². The minimum absolute atomic E-state index is 0.282. The Morgan fingerprint density at radius 1 is 1.24 bits per heavy atom. The second-order valence-corrected chi connectivity index (χ2v) is 7.07. The maximum atomic E-state index is 6.16. The normalized spacial score (nSPS) is 39.7. The van der Waals surface area contributed by atoms with E-state index in [1.165, 1.54) is 38.9 Å². The Bertz CT molecular complexity index is 277. The van der Waals surface area contributed by atoms with Crippen LogP contribution in [0.15, 0.2) is 0 Å². The fourth-order valence-electron chi connectivity index (χ4n) is 4.02. The molecule has 1 saturated heterocycles. The molecule has 0 bridgehead atoms. The average Bonchev–Trinajstić information content (AvgIpc) is 2.55. The van der Waals surface area contributed by atoms with Crippen molar-refractivity contribution in [1.82, 2.24) is 9.80 Å². The van der Waals surface area contributed by atoms with Gasteiger partial charge in [0.15, 0.2) is 0 Å². The molecule has 2 unspecified atom stereocenters. The van der Waals surface area contributed by atoms with Crippen molar-refractivity contribution in [1.29, 1.82) is 0 Å². The third-order valence-electron chi connectivity index (χ3n) is 4.89. The van der Waals surface area contributed by atoms with E-state index in [2.05, 4.69) is 37.6 Å². The highest BCUT2D eigenvalue weighted by Crippen LogP contribution is 2.47. The Balaban J connectivity index is 2.13. The van der Waals surface area contributed by atoms with E-state index >= 15 is 0 Å². The second-order valence-electron chi connectivity index (χ2n) is 7.07. The Kier molecular flexibility index (Phi) is 3.54. The molecule has 1 aliphatic heterocycles. The van der Waals surface area contributed by atoms with E-state index in [0.717, 1.165) is 6.54 Å². The van der Waals surface area contributed by atoms with Crippen LogP contribution in [0.25, 0.3) is 0 Å². The molecular formula is C14H29N3. The summed E-state index contributed by atoms with van der Waals surface area (Å²) in [5, 5.41) is 0. The molecule has 0 radical (unpaired) electrons. The SMILES string of the molecule is CC1CN(C)CCN1C1(CN)CCC(C)(C)C1.